The van der Waals surface area contributed by atoms with E-state index in [0.29, 0.717) is 0 Å². The number of aliphatic hydroxyl groups is 1. The highest BCUT2D eigenvalue weighted by atomic mass is 16.6. The number of rotatable bonds is 8. The largest absolute Gasteiger partial charge is 0.458 e. The van der Waals surface area contributed by atoms with Crippen LogP contribution in [0.25, 0.3) is 12.2 Å². The molecule has 2 aromatic carbocycles. The van der Waals surface area contributed by atoms with Gasteiger partial charge in [0.2, 0.25) is 0 Å². The Morgan fingerprint density at radius 2 is 1.35 bits per heavy atom. The molecule has 0 bridgehead atoms. The average molecular weight is 352 g/mol. The summed E-state index contributed by atoms with van der Waals surface area (Å²) < 4.78 is 10.1. The number of hydrogen-bond donors (Lipinski definition) is 1. The van der Waals surface area contributed by atoms with Crippen molar-refractivity contribution in [1.82, 2.24) is 0 Å². The van der Waals surface area contributed by atoms with Crippen LogP contribution in [0.15, 0.2) is 72.8 Å². The van der Waals surface area contributed by atoms with Crippen molar-refractivity contribution < 1.29 is 24.2 Å². The van der Waals surface area contributed by atoms with Gasteiger partial charge in [-0.05, 0) is 23.3 Å². The Kier molecular flexibility index (Phi) is 7.83. The van der Waals surface area contributed by atoms with E-state index in [-0.39, 0.29) is 6.61 Å². The van der Waals surface area contributed by atoms with Crippen LogP contribution < -0.4 is 0 Å². The Labute approximate surface area is 152 Å². The maximum absolute atomic E-state index is 11.8. The van der Waals surface area contributed by atoms with Gasteiger partial charge in [-0.1, -0.05) is 60.7 Å². The van der Waals surface area contributed by atoms with Gasteiger partial charge in [0, 0.05) is 12.2 Å². The van der Waals surface area contributed by atoms with Gasteiger partial charge in [-0.25, -0.2) is 9.59 Å². The van der Waals surface area contributed by atoms with Crippen molar-refractivity contribution in [3.63, 3.8) is 0 Å². The lowest BCUT2D eigenvalue weighted by Gasteiger charge is -2.13. The molecule has 0 aliphatic carbocycles. The molecule has 0 saturated carbocycles. The number of benzene rings is 2. The minimum atomic E-state index is -0.919. The summed E-state index contributed by atoms with van der Waals surface area (Å²) in [6.07, 6.45) is 4.84. The highest BCUT2D eigenvalue weighted by molar-refractivity contribution is 5.88. The van der Waals surface area contributed by atoms with Gasteiger partial charge in [-0.3, -0.25) is 0 Å². The number of aliphatic hydroxyl groups excluding tert-OH is 1. The Morgan fingerprint density at radius 3 is 1.85 bits per heavy atom. The third-order valence-corrected chi connectivity index (χ3v) is 3.32. The lowest BCUT2D eigenvalue weighted by Crippen LogP contribution is -2.27. The van der Waals surface area contributed by atoms with Crippen LogP contribution in [0.5, 0.6) is 0 Å². The standard InChI is InChI=1S/C21H20O5/c22-15-19(26-21(24)14-12-18-9-5-2-6-10-18)16-25-20(23)13-11-17-7-3-1-4-8-17/h1-14,19,22H,15-16H2. The summed E-state index contributed by atoms with van der Waals surface area (Å²) in [5.41, 5.74) is 1.71. The van der Waals surface area contributed by atoms with Crippen molar-refractivity contribution in [2.45, 2.75) is 6.10 Å². The zero-order chi connectivity index (χ0) is 18.6. The van der Waals surface area contributed by atoms with Gasteiger partial charge in [-0.15, -0.1) is 0 Å². The number of hydrogen-bond acceptors (Lipinski definition) is 5. The van der Waals surface area contributed by atoms with Crippen molar-refractivity contribution in [1.29, 1.82) is 0 Å². The molecule has 5 nitrogen and oxygen atoms in total. The second-order valence-corrected chi connectivity index (χ2v) is 5.36. The van der Waals surface area contributed by atoms with Crippen LogP contribution in [0.3, 0.4) is 0 Å². The Hall–Kier alpha value is -3.18. The summed E-state index contributed by atoms with van der Waals surface area (Å²) in [6.45, 7) is -0.667. The molecule has 1 N–H and O–H groups in total. The lowest BCUT2D eigenvalue weighted by molar-refractivity contribution is -0.154. The fourth-order valence-electron chi connectivity index (χ4n) is 2.01. The van der Waals surface area contributed by atoms with E-state index in [1.807, 2.05) is 60.7 Å². The van der Waals surface area contributed by atoms with Gasteiger partial charge in [-0.2, -0.15) is 0 Å². The molecule has 134 valence electrons. The zero-order valence-electron chi connectivity index (χ0n) is 14.2. The summed E-state index contributed by atoms with van der Waals surface area (Å²) in [6, 6.07) is 18.5. The van der Waals surface area contributed by atoms with Crippen molar-refractivity contribution in [2.24, 2.45) is 0 Å². The predicted octanol–water partition coefficient (Wildman–Crippen LogP) is 2.86. The van der Waals surface area contributed by atoms with E-state index in [1.54, 1.807) is 12.2 Å². The van der Waals surface area contributed by atoms with Gasteiger partial charge in [0.1, 0.15) is 6.61 Å². The van der Waals surface area contributed by atoms with Crippen molar-refractivity contribution in [3.05, 3.63) is 83.9 Å². The van der Waals surface area contributed by atoms with Gasteiger partial charge >= 0.3 is 11.9 Å². The Morgan fingerprint density at radius 1 is 0.846 bits per heavy atom. The van der Waals surface area contributed by atoms with Crippen LogP contribution in [0.1, 0.15) is 11.1 Å². The molecule has 0 radical (unpaired) electrons. The molecule has 2 aromatic rings. The van der Waals surface area contributed by atoms with Crippen LogP contribution in [-0.4, -0.2) is 36.4 Å². The molecule has 0 amide bonds. The molecule has 0 spiro atoms. The highest BCUT2D eigenvalue weighted by Gasteiger charge is 2.13. The predicted molar refractivity (Wildman–Crippen MR) is 98.9 cm³/mol. The third kappa shape index (κ3) is 7.15. The SMILES string of the molecule is O=C(C=Cc1ccccc1)OCC(CO)OC(=O)C=Cc1ccccc1. The number of ether oxygens (including phenoxy) is 2. The quantitative estimate of drug-likeness (QED) is 0.584. The van der Waals surface area contributed by atoms with E-state index in [9.17, 15) is 14.7 Å². The average Bonchev–Trinajstić information content (AvgIpc) is 2.69. The molecule has 26 heavy (non-hydrogen) atoms. The van der Waals surface area contributed by atoms with Gasteiger partial charge in [0.25, 0.3) is 0 Å². The van der Waals surface area contributed by atoms with Crippen molar-refractivity contribution >= 4 is 24.1 Å². The number of carbonyl (C=O) groups excluding carboxylic acids is 2. The van der Waals surface area contributed by atoms with E-state index in [4.69, 9.17) is 9.47 Å². The molecule has 0 aliphatic heterocycles. The second kappa shape index (κ2) is 10.6. The fourth-order valence-corrected chi connectivity index (χ4v) is 2.01. The molecule has 1 unspecified atom stereocenters. The first-order valence-corrected chi connectivity index (χ1v) is 8.12. The Balaban J connectivity index is 1.77. The molecule has 0 aromatic heterocycles. The summed E-state index contributed by atoms with van der Waals surface area (Å²) in [4.78, 5) is 23.5. The summed E-state index contributed by atoms with van der Waals surface area (Å²) in [5, 5.41) is 9.27. The van der Waals surface area contributed by atoms with Gasteiger partial charge in [0.05, 0.1) is 6.61 Å². The second-order valence-electron chi connectivity index (χ2n) is 5.36. The number of carbonyl (C=O) groups is 2. The van der Waals surface area contributed by atoms with Crippen LogP contribution in [0.4, 0.5) is 0 Å². The zero-order valence-corrected chi connectivity index (χ0v) is 14.2. The van der Waals surface area contributed by atoms with Crippen LogP contribution >= 0.6 is 0 Å². The number of esters is 2. The van der Waals surface area contributed by atoms with E-state index in [1.165, 1.54) is 12.2 Å². The molecular weight excluding hydrogens is 332 g/mol. The summed E-state index contributed by atoms with van der Waals surface area (Å²) >= 11 is 0. The lowest BCUT2D eigenvalue weighted by atomic mass is 10.2. The first-order valence-electron chi connectivity index (χ1n) is 8.12. The van der Waals surface area contributed by atoms with Crippen molar-refractivity contribution in [3.8, 4) is 0 Å². The van der Waals surface area contributed by atoms with Crippen molar-refractivity contribution in [2.75, 3.05) is 13.2 Å². The van der Waals surface area contributed by atoms with Crippen LogP contribution in [0, 0.1) is 0 Å². The third-order valence-electron chi connectivity index (χ3n) is 3.32. The molecule has 0 saturated heterocycles. The molecule has 0 fully saturated rings. The molecule has 0 aliphatic rings. The smallest absolute Gasteiger partial charge is 0.331 e. The fraction of sp³-hybridized carbons (Fsp3) is 0.143. The van der Waals surface area contributed by atoms with Gasteiger partial charge in [0.15, 0.2) is 6.10 Å². The monoisotopic (exact) mass is 352 g/mol. The summed E-state index contributed by atoms with van der Waals surface area (Å²) in [5.74, 6) is -1.20. The topological polar surface area (TPSA) is 72.8 Å². The minimum absolute atomic E-state index is 0.223. The maximum Gasteiger partial charge on any atom is 0.331 e. The highest BCUT2D eigenvalue weighted by Crippen LogP contribution is 2.04. The summed E-state index contributed by atoms with van der Waals surface area (Å²) in [7, 11) is 0. The molecule has 2 rings (SSSR count). The maximum atomic E-state index is 11.8. The van der Waals surface area contributed by atoms with E-state index < -0.39 is 24.6 Å². The molecule has 5 heteroatoms. The van der Waals surface area contributed by atoms with Gasteiger partial charge < -0.3 is 14.6 Å². The minimum Gasteiger partial charge on any atom is -0.458 e. The molecule has 0 heterocycles. The van der Waals surface area contributed by atoms with E-state index >= 15 is 0 Å². The van der Waals surface area contributed by atoms with E-state index in [0.717, 1.165) is 11.1 Å². The van der Waals surface area contributed by atoms with E-state index in [2.05, 4.69) is 0 Å². The molecule has 1 atom stereocenters. The van der Waals surface area contributed by atoms with Crippen LogP contribution in [0.2, 0.25) is 0 Å². The molecular formula is C21H20O5. The first-order chi connectivity index (χ1) is 12.7. The first kappa shape index (κ1) is 19.1. The normalized spacial score (nSPS) is 12.2. The van der Waals surface area contributed by atoms with Crippen LogP contribution in [-0.2, 0) is 19.1 Å². The Bertz CT molecular complexity index is 750.